The molecule has 1 aromatic heterocycles. The molecule has 1 aromatic carbocycles. The van der Waals surface area contributed by atoms with Gasteiger partial charge in [0, 0.05) is 18.8 Å². The first kappa shape index (κ1) is 21.5. The molecule has 0 spiro atoms. The molecule has 3 rings (SSSR count). The standard InChI is InChI=1S/C20H24N2O5S2/c1-14-6-3-8-17(12-14)21-19(23)15(2)27-20(24)16-7-4-10-22(13-16)29(25,26)18-9-5-11-28-18/h3,5-6,8-9,11-12,15-16H,4,7,10,13H2,1-2H3,(H,21,23). The van der Waals surface area contributed by atoms with E-state index in [2.05, 4.69) is 5.32 Å². The van der Waals surface area contributed by atoms with Gasteiger partial charge >= 0.3 is 5.97 Å². The number of hydrogen-bond acceptors (Lipinski definition) is 6. The van der Waals surface area contributed by atoms with Crippen molar-refractivity contribution in [2.24, 2.45) is 5.92 Å². The summed E-state index contributed by atoms with van der Waals surface area (Å²) in [6.07, 6.45) is 0.114. The summed E-state index contributed by atoms with van der Waals surface area (Å²) in [7, 11) is -3.61. The first-order valence-electron chi connectivity index (χ1n) is 9.39. The molecule has 2 heterocycles. The summed E-state index contributed by atoms with van der Waals surface area (Å²) in [5, 5.41) is 4.43. The molecule has 156 valence electrons. The molecule has 1 aliphatic heterocycles. The van der Waals surface area contributed by atoms with Gasteiger partial charge in [-0.3, -0.25) is 9.59 Å². The van der Waals surface area contributed by atoms with Crippen LogP contribution in [0.15, 0.2) is 46.0 Å². The fourth-order valence-corrected chi connectivity index (χ4v) is 5.85. The number of benzene rings is 1. The third kappa shape index (κ3) is 5.23. The van der Waals surface area contributed by atoms with Crippen LogP contribution in [-0.2, 0) is 24.3 Å². The second-order valence-electron chi connectivity index (χ2n) is 7.07. The molecule has 9 heteroatoms. The van der Waals surface area contributed by atoms with Gasteiger partial charge in [0.25, 0.3) is 15.9 Å². The Balaban J connectivity index is 1.59. The Morgan fingerprint density at radius 3 is 2.76 bits per heavy atom. The average molecular weight is 437 g/mol. The molecule has 2 aromatic rings. The van der Waals surface area contributed by atoms with Crippen molar-refractivity contribution in [3.8, 4) is 0 Å². The van der Waals surface area contributed by atoms with E-state index < -0.39 is 33.9 Å². The number of sulfonamides is 1. The van der Waals surface area contributed by atoms with Crippen molar-refractivity contribution < 1.29 is 22.7 Å². The van der Waals surface area contributed by atoms with Crippen LogP contribution in [0.3, 0.4) is 0 Å². The zero-order valence-electron chi connectivity index (χ0n) is 16.3. The number of piperidine rings is 1. The molecule has 29 heavy (non-hydrogen) atoms. The summed E-state index contributed by atoms with van der Waals surface area (Å²) in [6, 6.07) is 10.6. The monoisotopic (exact) mass is 436 g/mol. The van der Waals surface area contributed by atoms with Crippen LogP contribution in [0, 0.1) is 12.8 Å². The number of anilines is 1. The van der Waals surface area contributed by atoms with Crippen molar-refractivity contribution in [3.05, 3.63) is 47.3 Å². The van der Waals surface area contributed by atoms with E-state index in [9.17, 15) is 18.0 Å². The van der Waals surface area contributed by atoms with Crippen molar-refractivity contribution in [1.82, 2.24) is 4.31 Å². The van der Waals surface area contributed by atoms with Gasteiger partial charge in [0.2, 0.25) is 0 Å². The number of aryl methyl sites for hydroxylation is 1. The summed E-state index contributed by atoms with van der Waals surface area (Å²) >= 11 is 1.15. The molecule has 1 saturated heterocycles. The van der Waals surface area contributed by atoms with Crippen molar-refractivity contribution >= 4 is 38.9 Å². The Hall–Kier alpha value is -2.23. The molecule has 0 bridgehead atoms. The molecule has 1 amide bonds. The lowest BCUT2D eigenvalue weighted by atomic mass is 10.00. The van der Waals surface area contributed by atoms with Crippen molar-refractivity contribution in [3.63, 3.8) is 0 Å². The van der Waals surface area contributed by atoms with E-state index in [1.807, 2.05) is 25.1 Å². The highest BCUT2D eigenvalue weighted by Gasteiger charge is 2.35. The van der Waals surface area contributed by atoms with Crippen molar-refractivity contribution in [2.75, 3.05) is 18.4 Å². The van der Waals surface area contributed by atoms with E-state index in [0.29, 0.717) is 25.1 Å². The molecule has 1 fully saturated rings. The summed E-state index contributed by atoms with van der Waals surface area (Å²) in [6.45, 7) is 3.85. The van der Waals surface area contributed by atoms with Crippen LogP contribution in [0.4, 0.5) is 5.69 Å². The zero-order chi connectivity index (χ0) is 21.0. The van der Waals surface area contributed by atoms with Crippen LogP contribution in [-0.4, -0.2) is 43.8 Å². The highest BCUT2D eigenvalue weighted by atomic mass is 32.2. The summed E-state index contributed by atoms with van der Waals surface area (Å²) in [5.41, 5.74) is 1.63. The molecule has 1 N–H and O–H groups in total. The number of thiophene rings is 1. The van der Waals surface area contributed by atoms with Crippen molar-refractivity contribution in [1.29, 1.82) is 0 Å². The van der Waals surface area contributed by atoms with Gasteiger partial charge in [-0.2, -0.15) is 4.31 Å². The van der Waals surface area contributed by atoms with Crippen LogP contribution in [0.1, 0.15) is 25.3 Å². The summed E-state index contributed by atoms with van der Waals surface area (Å²) < 4.78 is 32.3. The predicted octanol–water partition coefficient (Wildman–Crippen LogP) is 3.03. The van der Waals surface area contributed by atoms with Gasteiger partial charge in [0.1, 0.15) is 4.21 Å². The minimum Gasteiger partial charge on any atom is -0.452 e. The molecule has 2 atom stereocenters. The fourth-order valence-electron chi connectivity index (χ4n) is 3.18. The molecule has 0 saturated carbocycles. The van der Waals surface area contributed by atoms with E-state index in [1.54, 1.807) is 23.6 Å². The smallest absolute Gasteiger partial charge is 0.311 e. The van der Waals surface area contributed by atoms with E-state index in [4.69, 9.17) is 4.74 Å². The molecule has 1 aliphatic rings. The van der Waals surface area contributed by atoms with Crippen LogP contribution in [0.5, 0.6) is 0 Å². The van der Waals surface area contributed by atoms with E-state index in [1.165, 1.54) is 11.2 Å². The minimum atomic E-state index is -3.61. The minimum absolute atomic E-state index is 0.0608. The summed E-state index contributed by atoms with van der Waals surface area (Å²) in [4.78, 5) is 24.9. The number of carbonyl (C=O) groups excluding carboxylic acids is 2. The number of hydrogen-bond donors (Lipinski definition) is 1. The Morgan fingerprint density at radius 1 is 1.28 bits per heavy atom. The third-order valence-electron chi connectivity index (χ3n) is 4.75. The molecule has 0 radical (unpaired) electrons. The number of ether oxygens (including phenoxy) is 1. The zero-order valence-corrected chi connectivity index (χ0v) is 18.0. The number of amides is 1. The number of nitrogens with zero attached hydrogens (tertiary/aromatic N) is 1. The maximum absolute atomic E-state index is 12.7. The second-order valence-corrected chi connectivity index (χ2v) is 10.2. The second kappa shape index (κ2) is 9.06. The van der Waals surface area contributed by atoms with Gasteiger partial charge in [-0.15, -0.1) is 11.3 Å². The number of esters is 1. The summed E-state index contributed by atoms with van der Waals surface area (Å²) in [5.74, 6) is -1.57. The van der Waals surface area contributed by atoms with E-state index in [-0.39, 0.29) is 10.8 Å². The Bertz CT molecular complexity index is 973. The molecular formula is C20H24N2O5S2. The Morgan fingerprint density at radius 2 is 2.07 bits per heavy atom. The van der Waals surface area contributed by atoms with Crippen LogP contribution in [0.25, 0.3) is 0 Å². The van der Waals surface area contributed by atoms with Gasteiger partial charge in [-0.05, 0) is 55.8 Å². The average Bonchev–Trinajstić information content (AvgIpc) is 3.23. The fraction of sp³-hybridized carbons (Fsp3) is 0.400. The Labute approximate surface area is 174 Å². The highest BCUT2D eigenvalue weighted by molar-refractivity contribution is 7.91. The molecule has 7 nitrogen and oxygen atoms in total. The highest BCUT2D eigenvalue weighted by Crippen LogP contribution is 2.27. The van der Waals surface area contributed by atoms with E-state index in [0.717, 1.165) is 16.9 Å². The number of rotatable bonds is 6. The van der Waals surface area contributed by atoms with E-state index >= 15 is 0 Å². The topological polar surface area (TPSA) is 92.8 Å². The van der Waals surface area contributed by atoms with Crippen molar-refractivity contribution in [2.45, 2.75) is 37.0 Å². The molecule has 2 unspecified atom stereocenters. The van der Waals surface area contributed by atoms with Gasteiger partial charge in [0.15, 0.2) is 6.10 Å². The maximum atomic E-state index is 12.7. The number of nitrogens with one attached hydrogen (secondary N) is 1. The maximum Gasteiger partial charge on any atom is 0.311 e. The predicted molar refractivity (Wildman–Crippen MR) is 111 cm³/mol. The first-order chi connectivity index (χ1) is 13.8. The van der Waals surface area contributed by atoms with Crippen LogP contribution < -0.4 is 5.32 Å². The molecule has 0 aliphatic carbocycles. The van der Waals surface area contributed by atoms with Gasteiger partial charge in [-0.25, -0.2) is 8.42 Å². The third-order valence-corrected chi connectivity index (χ3v) is 7.99. The lowest BCUT2D eigenvalue weighted by Crippen LogP contribution is -2.43. The van der Waals surface area contributed by atoms with Gasteiger partial charge in [-0.1, -0.05) is 18.2 Å². The Kier molecular flexibility index (Phi) is 6.71. The normalized spacial score (nSPS) is 18.8. The lowest BCUT2D eigenvalue weighted by Gasteiger charge is -2.30. The van der Waals surface area contributed by atoms with Gasteiger partial charge in [0.05, 0.1) is 5.92 Å². The largest absolute Gasteiger partial charge is 0.452 e. The molecular weight excluding hydrogens is 412 g/mol. The lowest BCUT2D eigenvalue weighted by molar-refractivity contribution is -0.158. The van der Waals surface area contributed by atoms with Crippen LogP contribution in [0.2, 0.25) is 0 Å². The van der Waals surface area contributed by atoms with Gasteiger partial charge < -0.3 is 10.1 Å². The SMILES string of the molecule is Cc1cccc(NC(=O)C(C)OC(=O)C2CCCN(S(=O)(=O)c3cccs3)C2)c1. The quantitative estimate of drug-likeness (QED) is 0.703. The first-order valence-corrected chi connectivity index (χ1v) is 11.7. The van der Waals surface area contributed by atoms with Crippen LogP contribution >= 0.6 is 11.3 Å². The number of carbonyl (C=O) groups is 2.